The molecule has 2 aromatic carbocycles. The van der Waals surface area contributed by atoms with Crippen LogP contribution in [0.5, 0.6) is 0 Å². The van der Waals surface area contributed by atoms with Crippen molar-refractivity contribution >= 4 is 62.1 Å². The molecule has 2 fully saturated rings. The highest BCUT2D eigenvalue weighted by Gasteiger charge is 2.52. The van der Waals surface area contributed by atoms with E-state index >= 15 is 0 Å². The minimum atomic E-state index is -5.48. The van der Waals surface area contributed by atoms with E-state index in [2.05, 4.69) is 35.1 Å². The van der Waals surface area contributed by atoms with Gasteiger partial charge in [0.2, 0.25) is 5.91 Å². The smallest absolute Gasteiger partial charge is 0.455 e. The van der Waals surface area contributed by atoms with Crippen molar-refractivity contribution in [1.29, 1.82) is 0 Å². The van der Waals surface area contributed by atoms with Crippen LogP contribution in [0.2, 0.25) is 0 Å². The number of amides is 2. The number of carbonyl (C=O) groups is 3. The summed E-state index contributed by atoms with van der Waals surface area (Å²) in [6, 6.07) is 11.2. The molecule has 71 heavy (non-hydrogen) atoms. The van der Waals surface area contributed by atoms with Gasteiger partial charge in [-0.05, 0) is 41.5 Å². The second-order valence-corrected chi connectivity index (χ2v) is 18.2. The molecule has 5 aromatic rings. The third-order valence-electron chi connectivity index (χ3n) is 10.5. The highest BCUT2D eigenvalue weighted by atomic mass is 31.2. The molecular weight excluding hydrogens is 993 g/mol. The standard InChI is InChI=1S/C39H45FN10O19P2/c1-62-14-23(47-39(56)63-13-20-4-8-22(9-5-20)46-27(51)12-19-2-6-21(40)7-3-19)37(54)68-31-24(66-36(29(31)52)50-18-45-28-33(42)43-17-44-34(28)50)16-65-71(60,61)69-32-25(15-64-70(57,58)59)67-35(30(32)53)49-11-10-26(41)48-38(49)55/h2-11,17-18,23-25,29-32,35-36,52-53H,12-16H2,1H3,(H,46,51)(H,47,56)(H,60,61)(H2,41,48,55)(H2,42,43,44)(H2,57,58,59)/t23-,24-,25-,29-,30-,31-,32-,35-,36-/m1/s1. The monoisotopic (exact) mass is 1040 g/mol. The number of ether oxygens (including phenoxy) is 5. The number of nitrogens with two attached hydrogens (primary N) is 2. The summed E-state index contributed by atoms with van der Waals surface area (Å²) in [7, 11) is -9.48. The van der Waals surface area contributed by atoms with E-state index in [1.165, 1.54) is 35.9 Å². The van der Waals surface area contributed by atoms with Crippen molar-refractivity contribution in [2.75, 3.05) is 43.7 Å². The number of imidazole rings is 1. The molecule has 3 aromatic heterocycles. The molecule has 10 atom stereocenters. The molecule has 5 heterocycles. The summed E-state index contributed by atoms with van der Waals surface area (Å²) >= 11 is 0. The second kappa shape index (κ2) is 22.4. The number of hydrogen-bond acceptors (Lipinski definition) is 22. The molecule has 0 spiro atoms. The number of nitrogens with zero attached hydrogens (tertiary/aromatic N) is 6. The molecule has 29 nitrogen and oxygen atoms in total. The number of esters is 1. The number of fused-ring (bicyclic) bond motifs is 1. The number of hydrogen-bond donors (Lipinski definition) is 9. The van der Waals surface area contributed by atoms with E-state index in [9.17, 15) is 57.6 Å². The lowest BCUT2D eigenvalue weighted by Gasteiger charge is -2.26. The fourth-order valence-electron chi connectivity index (χ4n) is 7.20. The number of phosphoric acid groups is 2. The van der Waals surface area contributed by atoms with Gasteiger partial charge in [-0.25, -0.2) is 42.9 Å². The number of anilines is 3. The van der Waals surface area contributed by atoms with Gasteiger partial charge in [-0.2, -0.15) is 4.98 Å². The average molecular weight is 1040 g/mol. The molecule has 0 aliphatic carbocycles. The Morgan fingerprint density at radius 1 is 0.873 bits per heavy atom. The molecule has 0 radical (unpaired) electrons. The molecule has 0 saturated carbocycles. The largest absolute Gasteiger partial charge is 0.472 e. The van der Waals surface area contributed by atoms with Gasteiger partial charge in [-0.15, -0.1) is 0 Å². The number of aromatic nitrogens is 6. The first-order valence-electron chi connectivity index (χ1n) is 20.7. The van der Waals surface area contributed by atoms with Crippen molar-refractivity contribution in [2.45, 2.75) is 68.1 Å². The minimum absolute atomic E-state index is 0.00495. The summed E-state index contributed by atoms with van der Waals surface area (Å²) in [5.41, 5.74) is 12.0. The third kappa shape index (κ3) is 13.3. The molecule has 2 aliphatic heterocycles. The van der Waals surface area contributed by atoms with Crippen LogP contribution in [0.25, 0.3) is 11.2 Å². The summed E-state index contributed by atoms with van der Waals surface area (Å²) in [5, 5.41) is 27.8. The molecule has 382 valence electrons. The van der Waals surface area contributed by atoms with Gasteiger partial charge in [0.25, 0.3) is 0 Å². The number of methoxy groups -OCH3 is 1. The van der Waals surface area contributed by atoms with Gasteiger partial charge in [0, 0.05) is 19.0 Å². The van der Waals surface area contributed by atoms with Crippen LogP contribution in [0.4, 0.5) is 26.5 Å². The zero-order chi connectivity index (χ0) is 51.2. The number of rotatable bonds is 20. The number of nitrogens with one attached hydrogen (secondary N) is 2. The zero-order valence-electron chi connectivity index (χ0n) is 36.7. The minimum Gasteiger partial charge on any atom is -0.455 e. The van der Waals surface area contributed by atoms with Crippen molar-refractivity contribution < 1.29 is 90.1 Å². The first-order valence-corrected chi connectivity index (χ1v) is 23.8. The van der Waals surface area contributed by atoms with Crippen LogP contribution in [0.15, 0.2) is 78.2 Å². The van der Waals surface area contributed by atoms with Crippen LogP contribution >= 0.6 is 15.6 Å². The number of carbonyl (C=O) groups excluding carboxylic acids is 3. The molecule has 1 unspecified atom stereocenters. The van der Waals surface area contributed by atoms with Crippen LogP contribution in [-0.4, -0.2) is 142 Å². The van der Waals surface area contributed by atoms with Crippen molar-refractivity contribution in [2.24, 2.45) is 0 Å². The van der Waals surface area contributed by atoms with Gasteiger partial charge in [0.05, 0.1) is 32.6 Å². The Hall–Kier alpha value is -6.37. The Labute approximate surface area is 398 Å². The van der Waals surface area contributed by atoms with E-state index in [-0.39, 0.29) is 41.7 Å². The van der Waals surface area contributed by atoms with Gasteiger partial charge in [-0.1, -0.05) is 24.3 Å². The SMILES string of the molecule is COC[C@@H](NC(=O)OCc1ccc(NC(=O)Cc2ccc(F)cc2)cc1)C(=O)O[C@H]1[C@@H](O)[C@H](n2cnc3c(N)ncnc32)O[C@@H]1COP(=O)(O)O[C@H]1[C@@H](O)[C@H](n2ccc(N)nc2=O)O[C@@H]1COP(=O)(O)O. The normalized spacial score (nSPS) is 23.5. The molecule has 11 N–H and O–H groups in total. The summed E-state index contributed by atoms with van der Waals surface area (Å²) in [6.07, 6.45) is -12.2. The number of aliphatic hydroxyl groups excluding tert-OH is 2. The molecule has 32 heteroatoms. The number of aliphatic hydroxyl groups is 2. The van der Waals surface area contributed by atoms with Crippen molar-refractivity contribution in [3.05, 3.63) is 101 Å². The maximum absolute atomic E-state index is 13.8. The van der Waals surface area contributed by atoms with Crippen molar-refractivity contribution in [3.63, 3.8) is 0 Å². The van der Waals surface area contributed by atoms with E-state index < -0.39 is 114 Å². The van der Waals surface area contributed by atoms with Crippen LogP contribution in [0.3, 0.4) is 0 Å². The molecule has 0 bridgehead atoms. The van der Waals surface area contributed by atoms with Gasteiger partial charge in [-0.3, -0.25) is 27.5 Å². The Morgan fingerprint density at radius 2 is 1.52 bits per heavy atom. The van der Waals surface area contributed by atoms with Crippen LogP contribution in [0, 0.1) is 5.82 Å². The molecule has 7 rings (SSSR count). The molecular formula is C39H45FN10O19P2. The summed E-state index contributed by atoms with van der Waals surface area (Å²) in [5.74, 6) is -2.28. The van der Waals surface area contributed by atoms with E-state index in [1.807, 2.05) is 0 Å². The average Bonchev–Trinajstić information content (AvgIpc) is 3.97. The lowest BCUT2D eigenvalue weighted by molar-refractivity contribution is -0.160. The topological polar surface area (TPSA) is 415 Å². The lowest BCUT2D eigenvalue weighted by Crippen LogP contribution is -2.48. The maximum atomic E-state index is 13.8. The van der Waals surface area contributed by atoms with Gasteiger partial charge in [0.15, 0.2) is 36.1 Å². The zero-order valence-corrected chi connectivity index (χ0v) is 38.5. The predicted molar refractivity (Wildman–Crippen MR) is 235 cm³/mol. The quantitative estimate of drug-likeness (QED) is 0.0352. The van der Waals surface area contributed by atoms with E-state index in [0.717, 1.165) is 29.5 Å². The van der Waals surface area contributed by atoms with Gasteiger partial charge < -0.3 is 70.7 Å². The number of benzene rings is 2. The molecule has 2 saturated heterocycles. The fraction of sp³-hybridized carbons (Fsp3) is 0.385. The predicted octanol–water partition coefficient (Wildman–Crippen LogP) is -0.451. The van der Waals surface area contributed by atoms with Crippen LogP contribution in [-0.2, 0) is 69.0 Å². The summed E-state index contributed by atoms with van der Waals surface area (Å²) in [6.45, 7) is -2.91. The summed E-state index contributed by atoms with van der Waals surface area (Å²) in [4.78, 5) is 97.0. The van der Waals surface area contributed by atoms with Crippen LogP contribution < -0.4 is 27.8 Å². The van der Waals surface area contributed by atoms with Crippen molar-refractivity contribution in [1.82, 2.24) is 34.4 Å². The second-order valence-electron chi connectivity index (χ2n) is 15.5. The number of nitrogen functional groups attached to an aromatic ring is 2. The fourth-order valence-corrected chi connectivity index (χ4v) is 8.51. The molecule has 2 amide bonds. The third-order valence-corrected chi connectivity index (χ3v) is 12.0. The lowest BCUT2D eigenvalue weighted by atomic mass is 10.1. The first kappa shape index (κ1) is 52.5. The van der Waals surface area contributed by atoms with E-state index in [1.54, 1.807) is 24.3 Å². The number of alkyl carbamates (subject to hydrolysis) is 1. The van der Waals surface area contributed by atoms with Gasteiger partial charge in [0.1, 0.15) is 60.6 Å². The Kier molecular flexibility index (Phi) is 16.5. The Balaban J connectivity index is 1.02. The Morgan fingerprint density at radius 3 is 2.20 bits per heavy atom. The number of phosphoric ester groups is 2. The van der Waals surface area contributed by atoms with Gasteiger partial charge >= 0.3 is 33.4 Å². The van der Waals surface area contributed by atoms with E-state index in [0.29, 0.717) is 16.8 Å². The van der Waals surface area contributed by atoms with Crippen LogP contribution in [0.1, 0.15) is 23.6 Å². The van der Waals surface area contributed by atoms with Crippen molar-refractivity contribution in [3.8, 4) is 0 Å². The first-order chi connectivity index (χ1) is 33.7. The highest BCUT2D eigenvalue weighted by Crippen LogP contribution is 2.50. The highest BCUT2D eigenvalue weighted by molar-refractivity contribution is 7.47. The Bertz CT molecular complexity index is 2860. The maximum Gasteiger partial charge on any atom is 0.472 e. The number of halogens is 1. The molecule has 2 aliphatic rings. The summed E-state index contributed by atoms with van der Waals surface area (Å²) < 4.78 is 82.8. The van der Waals surface area contributed by atoms with E-state index in [4.69, 9.17) is 44.2 Å².